The SMILES string of the molecule is C=C/C=C\C(=C(C)C)c1cc2cncn[nH]c1NCc1c(F)ccc(c1C)CCCC2. The van der Waals surface area contributed by atoms with E-state index in [9.17, 15) is 4.39 Å². The van der Waals surface area contributed by atoms with Crippen LogP contribution in [-0.2, 0) is 19.4 Å². The Bertz CT molecular complexity index is 1060. The predicted molar refractivity (Wildman–Crippen MR) is 127 cm³/mol. The molecule has 5 heteroatoms. The number of anilines is 1. The second kappa shape index (κ2) is 10.7. The first-order valence-corrected chi connectivity index (χ1v) is 10.7. The number of aryl methyl sites for hydroxylation is 2. The Balaban J connectivity index is 2.24. The molecule has 1 aromatic heterocycles. The number of H-pyrrole nitrogens is 1. The van der Waals surface area contributed by atoms with E-state index in [2.05, 4.69) is 47.0 Å². The van der Waals surface area contributed by atoms with Crippen molar-refractivity contribution in [2.45, 2.75) is 53.0 Å². The number of aromatic nitrogens is 3. The number of aromatic amines is 1. The monoisotopic (exact) mass is 418 g/mol. The van der Waals surface area contributed by atoms with Crippen molar-refractivity contribution in [1.82, 2.24) is 15.2 Å². The van der Waals surface area contributed by atoms with Crippen molar-refractivity contribution >= 4 is 11.4 Å². The van der Waals surface area contributed by atoms with Gasteiger partial charge in [-0.2, -0.15) is 5.10 Å². The van der Waals surface area contributed by atoms with Gasteiger partial charge in [0.25, 0.3) is 0 Å². The minimum atomic E-state index is -0.189. The molecule has 0 saturated heterocycles. The van der Waals surface area contributed by atoms with Crippen LogP contribution in [-0.4, -0.2) is 15.2 Å². The second-order valence-electron chi connectivity index (χ2n) is 8.02. The molecule has 2 aromatic rings. The molecular weight excluding hydrogens is 387 g/mol. The molecule has 2 heterocycles. The van der Waals surface area contributed by atoms with Crippen LogP contribution in [0.4, 0.5) is 10.2 Å². The van der Waals surface area contributed by atoms with Gasteiger partial charge in [0.1, 0.15) is 18.0 Å². The summed E-state index contributed by atoms with van der Waals surface area (Å²) < 4.78 is 14.7. The van der Waals surface area contributed by atoms with Gasteiger partial charge in [-0.1, -0.05) is 36.4 Å². The minimum Gasteiger partial charge on any atom is -0.366 e. The Hall–Kier alpha value is -3.21. The summed E-state index contributed by atoms with van der Waals surface area (Å²) in [5.74, 6) is 0.526. The van der Waals surface area contributed by atoms with E-state index in [1.54, 1.807) is 12.1 Å². The zero-order chi connectivity index (χ0) is 22.2. The van der Waals surface area contributed by atoms with Gasteiger partial charge < -0.3 is 5.32 Å². The normalized spacial score (nSPS) is 13.4. The molecule has 0 amide bonds. The lowest BCUT2D eigenvalue weighted by molar-refractivity contribution is 0.608. The molecule has 162 valence electrons. The lowest BCUT2D eigenvalue weighted by Gasteiger charge is -2.16. The maximum atomic E-state index is 14.7. The summed E-state index contributed by atoms with van der Waals surface area (Å²) in [6.07, 6.45) is 13.0. The maximum Gasteiger partial charge on any atom is 0.135 e. The average Bonchev–Trinajstić information content (AvgIpc) is 2.83. The summed E-state index contributed by atoms with van der Waals surface area (Å²) in [6, 6.07) is 5.66. The van der Waals surface area contributed by atoms with Gasteiger partial charge >= 0.3 is 0 Å². The van der Waals surface area contributed by atoms with Gasteiger partial charge in [0.15, 0.2) is 0 Å². The van der Waals surface area contributed by atoms with Crippen molar-refractivity contribution in [2.24, 2.45) is 0 Å². The summed E-state index contributed by atoms with van der Waals surface area (Å²) in [5, 5.41) is 10.7. The van der Waals surface area contributed by atoms with E-state index in [1.165, 1.54) is 11.9 Å². The molecule has 4 nitrogen and oxygen atoms in total. The standard InChI is InChI=1S/C26H31FN4/c1-5-6-11-22(18(2)3)23-14-20-9-7-8-10-21-12-13-25(27)24(19(21)4)16-29-26(23)31-30-17-28-15-20/h5-6,11-15,17,29,31H,1,7-10,16H2,2-4H3/b11-6-,20-14?,26-23?,28-15?,30-17?. The van der Waals surface area contributed by atoms with Crippen LogP contribution >= 0.6 is 0 Å². The third-order valence-electron chi connectivity index (χ3n) is 5.62. The number of rotatable bonds is 3. The summed E-state index contributed by atoms with van der Waals surface area (Å²) in [5.41, 5.74) is 7.22. The predicted octanol–water partition coefficient (Wildman–Crippen LogP) is 6.40. The fourth-order valence-electron chi connectivity index (χ4n) is 3.87. The van der Waals surface area contributed by atoms with Gasteiger partial charge in [0, 0.05) is 23.9 Å². The van der Waals surface area contributed by atoms with Crippen LogP contribution in [0.1, 0.15) is 54.5 Å². The van der Waals surface area contributed by atoms with E-state index >= 15 is 0 Å². The Kier molecular flexibility index (Phi) is 7.76. The van der Waals surface area contributed by atoms with E-state index in [0.29, 0.717) is 17.9 Å². The van der Waals surface area contributed by atoms with Gasteiger partial charge in [-0.15, -0.1) is 0 Å². The molecule has 0 unspecified atom stereocenters. The fraction of sp³-hybridized carbons (Fsp3) is 0.308. The number of halogens is 1. The molecule has 3 rings (SSSR count). The first-order chi connectivity index (χ1) is 15.0. The van der Waals surface area contributed by atoms with Crippen molar-refractivity contribution < 1.29 is 4.39 Å². The van der Waals surface area contributed by atoms with Gasteiger partial charge in [-0.05, 0) is 80.9 Å². The van der Waals surface area contributed by atoms with E-state index < -0.39 is 0 Å². The fourth-order valence-corrected chi connectivity index (χ4v) is 3.87. The smallest absolute Gasteiger partial charge is 0.135 e. The van der Waals surface area contributed by atoms with Crippen LogP contribution < -0.4 is 5.32 Å². The first-order valence-electron chi connectivity index (χ1n) is 10.7. The molecule has 1 aliphatic rings. The number of benzene rings is 1. The Labute approximate surface area is 184 Å². The molecule has 0 atom stereocenters. The van der Waals surface area contributed by atoms with Crippen LogP contribution in [0.25, 0.3) is 5.57 Å². The topological polar surface area (TPSA) is 53.6 Å². The highest BCUT2D eigenvalue weighted by molar-refractivity contribution is 5.82. The molecule has 2 N–H and O–H groups in total. The molecule has 0 aliphatic carbocycles. The number of allylic oxidation sites excluding steroid dienone is 5. The van der Waals surface area contributed by atoms with Crippen LogP contribution in [0.15, 0.2) is 61.1 Å². The lowest BCUT2D eigenvalue weighted by atomic mass is 9.96. The van der Waals surface area contributed by atoms with Crippen molar-refractivity contribution in [3.8, 4) is 0 Å². The average molecular weight is 419 g/mol. The van der Waals surface area contributed by atoms with Crippen LogP contribution in [0.5, 0.6) is 0 Å². The lowest BCUT2D eigenvalue weighted by Crippen LogP contribution is -2.09. The number of hydrogen-bond donors (Lipinski definition) is 2. The molecule has 4 bridgehead atoms. The number of fused-ring (bicyclic) bond motifs is 5. The highest BCUT2D eigenvalue weighted by atomic mass is 19.1. The van der Waals surface area contributed by atoms with Gasteiger partial charge in [0.2, 0.25) is 0 Å². The summed E-state index contributed by atoms with van der Waals surface area (Å²) >= 11 is 0. The molecule has 1 aromatic carbocycles. The van der Waals surface area contributed by atoms with Crippen molar-refractivity contribution in [1.29, 1.82) is 0 Å². The van der Waals surface area contributed by atoms with Gasteiger partial charge in [-0.25, -0.2) is 9.37 Å². The maximum absolute atomic E-state index is 14.7. The molecule has 0 fully saturated rings. The zero-order valence-corrected chi connectivity index (χ0v) is 18.6. The number of hydrogen-bond acceptors (Lipinski definition) is 3. The van der Waals surface area contributed by atoms with Crippen LogP contribution in [0.2, 0.25) is 0 Å². The van der Waals surface area contributed by atoms with Gasteiger partial charge in [0.05, 0.1) is 0 Å². The van der Waals surface area contributed by atoms with E-state index in [-0.39, 0.29) is 5.82 Å². The van der Waals surface area contributed by atoms with Crippen molar-refractivity contribution in [3.05, 3.63) is 94.7 Å². The molecule has 0 spiro atoms. The van der Waals surface area contributed by atoms with Gasteiger partial charge in [-0.3, -0.25) is 5.10 Å². The Morgan fingerprint density at radius 2 is 2.00 bits per heavy atom. The minimum absolute atomic E-state index is 0.189. The Morgan fingerprint density at radius 3 is 2.77 bits per heavy atom. The third kappa shape index (κ3) is 5.69. The zero-order valence-electron chi connectivity index (χ0n) is 18.6. The van der Waals surface area contributed by atoms with E-state index in [4.69, 9.17) is 0 Å². The molecule has 0 saturated carbocycles. The quantitative estimate of drug-likeness (QED) is 0.567. The van der Waals surface area contributed by atoms with E-state index in [0.717, 1.165) is 53.5 Å². The summed E-state index contributed by atoms with van der Waals surface area (Å²) in [7, 11) is 0. The highest BCUT2D eigenvalue weighted by Gasteiger charge is 2.14. The van der Waals surface area contributed by atoms with Crippen LogP contribution in [0.3, 0.4) is 0 Å². The molecule has 0 radical (unpaired) electrons. The second-order valence-corrected chi connectivity index (χ2v) is 8.02. The largest absolute Gasteiger partial charge is 0.366 e. The molecule has 31 heavy (non-hydrogen) atoms. The first kappa shape index (κ1) is 22.5. The molecular formula is C26H31FN4. The third-order valence-corrected chi connectivity index (χ3v) is 5.62. The van der Waals surface area contributed by atoms with Crippen molar-refractivity contribution in [3.63, 3.8) is 0 Å². The van der Waals surface area contributed by atoms with Crippen molar-refractivity contribution in [2.75, 3.05) is 5.32 Å². The van der Waals surface area contributed by atoms with E-state index in [1.807, 2.05) is 31.3 Å². The highest BCUT2D eigenvalue weighted by Crippen LogP contribution is 2.28. The Morgan fingerprint density at radius 1 is 1.19 bits per heavy atom. The number of nitrogens with zero attached hydrogens (tertiary/aromatic N) is 2. The van der Waals surface area contributed by atoms with Crippen LogP contribution in [0, 0.1) is 12.7 Å². The summed E-state index contributed by atoms with van der Waals surface area (Å²) in [4.78, 5) is 4.32. The number of nitrogens with one attached hydrogen (secondary N) is 2. The summed E-state index contributed by atoms with van der Waals surface area (Å²) in [6.45, 7) is 10.3. The molecule has 1 aliphatic heterocycles.